The maximum Gasteiger partial charge on any atom is 0.318 e. The molecule has 0 unspecified atom stereocenters. The van der Waals surface area contributed by atoms with Crippen LogP contribution < -0.4 is 15.4 Å². The fraction of sp³-hybridized carbons (Fsp3) is 0.560. The third kappa shape index (κ3) is 5.88. The molecule has 0 atom stereocenters. The van der Waals surface area contributed by atoms with Crippen molar-refractivity contribution in [1.82, 2.24) is 15.5 Å². The van der Waals surface area contributed by atoms with Crippen molar-refractivity contribution in [2.75, 3.05) is 13.7 Å². The van der Waals surface area contributed by atoms with Gasteiger partial charge in [0, 0.05) is 30.2 Å². The first-order chi connectivity index (χ1) is 14.1. The van der Waals surface area contributed by atoms with Gasteiger partial charge in [-0.05, 0) is 77.2 Å². The number of carbonyl (C=O) groups excluding carboxylic acids is 1. The molecule has 2 aliphatic rings. The van der Waals surface area contributed by atoms with Gasteiger partial charge in [0.15, 0.2) is 0 Å². The Morgan fingerprint density at radius 1 is 1.13 bits per heavy atom. The van der Waals surface area contributed by atoms with Gasteiger partial charge in [-0.2, -0.15) is 0 Å². The van der Waals surface area contributed by atoms with Crippen LogP contribution >= 0.6 is 0 Å². The fourth-order valence-electron chi connectivity index (χ4n) is 4.94. The number of rotatable bonds is 6. The van der Waals surface area contributed by atoms with Crippen LogP contribution in [0.3, 0.4) is 0 Å². The van der Waals surface area contributed by atoms with Crippen LogP contribution in [-0.2, 0) is 6.54 Å². The van der Waals surface area contributed by atoms with Crippen LogP contribution in [0.2, 0.25) is 0 Å². The molecular formula is C25H37N3O2. The topological polar surface area (TPSA) is 53.6 Å². The molecule has 30 heavy (non-hydrogen) atoms. The summed E-state index contributed by atoms with van der Waals surface area (Å²) in [5.41, 5.74) is 3.70. The first-order valence-electron chi connectivity index (χ1n) is 10.9. The van der Waals surface area contributed by atoms with E-state index < -0.39 is 0 Å². The Bertz CT molecular complexity index is 805. The molecule has 2 N–H and O–H groups in total. The summed E-state index contributed by atoms with van der Waals surface area (Å²) < 4.78 is 5.22. The Labute approximate surface area is 181 Å². The zero-order valence-electron chi connectivity index (χ0n) is 19.3. The number of nitrogens with zero attached hydrogens (tertiary/aromatic N) is 1. The molecule has 0 aromatic heterocycles. The first-order valence-corrected chi connectivity index (χ1v) is 10.9. The van der Waals surface area contributed by atoms with Gasteiger partial charge in [0.25, 0.3) is 0 Å². The molecular weight excluding hydrogens is 374 g/mol. The molecule has 0 radical (unpaired) electrons. The average molecular weight is 412 g/mol. The second kappa shape index (κ2) is 8.84. The Balaban J connectivity index is 1.73. The summed E-state index contributed by atoms with van der Waals surface area (Å²) in [5, 5.41) is 6.89. The molecule has 0 spiro atoms. The van der Waals surface area contributed by atoms with Gasteiger partial charge < -0.3 is 20.3 Å². The van der Waals surface area contributed by atoms with E-state index in [4.69, 9.17) is 4.74 Å². The molecule has 2 amide bonds. The number of amides is 2. The summed E-state index contributed by atoms with van der Waals surface area (Å²) in [6, 6.07) is 8.03. The predicted molar refractivity (Wildman–Crippen MR) is 123 cm³/mol. The van der Waals surface area contributed by atoms with Crippen LogP contribution in [0.15, 0.2) is 47.6 Å². The predicted octanol–water partition coefficient (Wildman–Crippen LogP) is 4.79. The number of carbonyl (C=O) groups is 1. The van der Waals surface area contributed by atoms with Crippen molar-refractivity contribution in [2.24, 2.45) is 0 Å². The molecule has 0 saturated carbocycles. The van der Waals surface area contributed by atoms with Crippen molar-refractivity contribution in [2.45, 2.75) is 77.5 Å². The minimum atomic E-state index is -0.0147. The lowest BCUT2D eigenvalue weighted by Crippen LogP contribution is -2.63. The number of piperidine rings is 1. The minimum absolute atomic E-state index is 0.00905. The van der Waals surface area contributed by atoms with Crippen LogP contribution in [0.1, 0.15) is 59.4 Å². The summed E-state index contributed by atoms with van der Waals surface area (Å²) in [7, 11) is 1.66. The first kappa shape index (κ1) is 22.4. The molecule has 3 rings (SSSR count). The summed E-state index contributed by atoms with van der Waals surface area (Å²) in [6.07, 6.45) is 7.17. The molecule has 1 saturated heterocycles. The van der Waals surface area contributed by atoms with Gasteiger partial charge in [0.1, 0.15) is 5.75 Å². The molecule has 0 bridgehead atoms. The maximum atomic E-state index is 13.4. The summed E-state index contributed by atoms with van der Waals surface area (Å²) in [5.74, 6) is 0.821. The van der Waals surface area contributed by atoms with Gasteiger partial charge in [-0.3, -0.25) is 0 Å². The summed E-state index contributed by atoms with van der Waals surface area (Å²) >= 11 is 0. The minimum Gasteiger partial charge on any atom is -0.497 e. The van der Waals surface area contributed by atoms with Crippen LogP contribution in [0.4, 0.5) is 4.79 Å². The van der Waals surface area contributed by atoms with E-state index in [0.717, 1.165) is 30.6 Å². The Kier molecular flexibility index (Phi) is 6.61. The second-order valence-corrected chi connectivity index (χ2v) is 10.1. The molecule has 5 nitrogen and oxygen atoms in total. The van der Waals surface area contributed by atoms with Gasteiger partial charge in [-0.1, -0.05) is 29.9 Å². The van der Waals surface area contributed by atoms with Gasteiger partial charge in [0.2, 0.25) is 0 Å². The number of allylic oxidation sites excluding steroid dienone is 3. The van der Waals surface area contributed by atoms with Gasteiger partial charge >= 0.3 is 6.03 Å². The van der Waals surface area contributed by atoms with Gasteiger partial charge in [0.05, 0.1) is 7.11 Å². The van der Waals surface area contributed by atoms with Crippen molar-refractivity contribution < 1.29 is 9.53 Å². The highest BCUT2D eigenvalue weighted by Crippen LogP contribution is 2.33. The van der Waals surface area contributed by atoms with E-state index in [1.54, 1.807) is 7.11 Å². The van der Waals surface area contributed by atoms with Crippen LogP contribution in [-0.4, -0.2) is 41.7 Å². The number of hydrogen-bond donors (Lipinski definition) is 2. The smallest absolute Gasteiger partial charge is 0.318 e. The van der Waals surface area contributed by atoms with E-state index >= 15 is 0 Å². The zero-order valence-corrected chi connectivity index (χ0v) is 19.3. The Morgan fingerprint density at radius 3 is 2.30 bits per heavy atom. The zero-order chi connectivity index (χ0) is 21.9. The van der Waals surface area contributed by atoms with Crippen molar-refractivity contribution >= 4 is 6.03 Å². The number of urea groups is 1. The summed E-state index contributed by atoms with van der Waals surface area (Å²) in [4.78, 5) is 15.4. The number of methoxy groups -OCH3 is 1. The van der Waals surface area contributed by atoms with E-state index in [0.29, 0.717) is 13.1 Å². The normalized spacial score (nSPS) is 20.3. The number of ether oxygens (including phenoxy) is 1. The molecule has 5 heteroatoms. The van der Waals surface area contributed by atoms with E-state index in [2.05, 4.69) is 62.3 Å². The number of nitrogens with one attached hydrogen (secondary N) is 2. The van der Waals surface area contributed by atoms with Gasteiger partial charge in [-0.25, -0.2) is 4.79 Å². The lowest BCUT2D eigenvalue weighted by Gasteiger charge is -2.49. The van der Waals surface area contributed by atoms with Crippen molar-refractivity contribution in [3.63, 3.8) is 0 Å². The van der Waals surface area contributed by atoms with E-state index in [1.807, 2.05) is 24.3 Å². The highest BCUT2D eigenvalue weighted by atomic mass is 16.5. The summed E-state index contributed by atoms with van der Waals surface area (Å²) in [6.45, 7) is 12.3. The molecule has 1 heterocycles. The molecule has 1 aliphatic heterocycles. The lowest BCUT2D eigenvalue weighted by atomic mass is 9.79. The largest absolute Gasteiger partial charge is 0.497 e. The van der Waals surface area contributed by atoms with E-state index in [1.165, 1.54) is 11.1 Å². The fourth-order valence-corrected chi connectivity index (χ4v) is 4.94. The van der Waals surface area contributed by atoms with E-state index in [9.17, 15) is 4.79 Å². The quantitative estimate of drug-likeness (QED) is 0.707. The molecule has 1 aromatic rings. The van der Waals surface area contributed by atoms with Crippen molar-refractivity contribution in [3.8, 4) is 5.75 Å². The third-order valence-electron chi connectivity index (χ3n) is 5.96. The number of benzene rings is 1. The van der Waals surface area contributed by atoms with Crippen LogP contribution in [0.25, 0.3) is 0 Å². The van der Waals surface area contributed by atoms with Crippen LogP contribution in [0.5, 0.6) is 5.75 Å². The van der Waals surface area contributed by atoms with E-state index in [-0.39, 0.29) is 23.2 Å². The van der Waals surface area contributed by atoms with Crippen molar-refractivity contribution in [3.05, 3.63) is 53.1 Å². The highest BCUT2D eigenvalue weighted by Gasteiger charge is 2.41. The SMILES string of the molecule is COc1ccc(CNC(=O)N(CC2=CC=C(C)C2)C2CC(C)(C)NC(C)(C)C2)cc1. The highest BCUT2D eigenvalue weighted by molar-refractivity contribution is 5.75. The molecule has 1 fully saturated rings. The average Bonchev–Trinajstić information content (AvgIpc) is 3.07. The lowest BCUT2D eigenvalue weighted by molar-refractivity contribution is 0.0865. The van der Waals surface area contributed by atoms with Crippen LogP contribution in [0, 0.1) is 0 Å². The molecule has 1 aromatic carbocycles. The van der Waals surface area contributed by atoms with Crippen molar-refractivity contribution in [1.29, 1.82) is 0 Å². The standard InChI is InChI=1S/C25H37N3O2/c1-18-7-8-20(13-18)17-28(21-14-24(2,3)27-25(4,5)15-21)23(29)26-16-19-9-11-22(30-6)12-10-19/h7-12,21,27H,13-17H2,1-6H3,(H,26,29). The Hall–Kier alpha value is -2.27. The molecule has 164 valence electrons. The second-order valence-electron chi connectivity index (χ2n) is 10.1. The maximum absolute atomic E-state index is 13.4. The number of hydrogen-bond acceptors (Lipinski definition) is 3. The molecule has 1 aliphatic carbocycles. The Morgan fingerprint density at radius 2 is 1.77 bits per heavy atom. The van der Waals surface area contributed by atoms with Gasteiger partial charge in [-0.15, -0.1) is 0 Å². The monoisotopic (exact) mass is 411 g/mol. The third-order valence-corrected chi connectivity index (χ3v) is 5.96.